The summed E-state index contributed by atoms with van der Waals surface area (Å²) in [6.45, 7) is -0.541. The number of aromatic nitrogens is 2. The fourth-order valence-electron chi connectivity index (χ4n) is 1.45. The smallest absolute Gasteiger partial charge is 0.265 e. The fraction of sp³-hybridized carbons (Fsp3) is 0.182. The molecule has 2 rings (SSSR count). The highest BCUT2D eigenvalue weighted by molar-refractivity contribution is 7.12. The lowest BCUT2D eigenvalue weighted by Crippen LogP contribution is -2.11. The van der Waals surface area contributed by atoms with Crippen molar-refractivity contribution in [1.29, 1.82) is 0 Å². The van der Waals surface area contributed by atoms with Crippen LogP contribution in [-0.4, -0.2) is 28.0 Å². The van der Waals surface area contributed by atoms with Crippen molar-refractivity contribution in [3.63, 3.8) is 0 Å². The maximum atomic E-state index is 12.1. The molecule has 0 saturated carbocycles. The minimum absolute atomic E-state index is 0.244. The van der Waals surface area contributed by atoms with E-state index in [2.05, 4.69) is 10.4 Å². The molecular weight excluding hydrogens is 290 g/mol. The van der Waals surface area contributed by atoms with Gasteiger partial charge in [-0.15, -0.1) is 11.3 Å². The predicted octanol–water partition coefficient (Wildman–Crippen LogP) is 1.56. The van der Waals surface area contributed by atoms with E-state index in [1.54, 1.807) is 0 Å². The number of halogens is 2. The zero-order valence-corrected chi connectivity index (χ0v) is 10.9. The lowest BCUT2D eigenvalue weighted by atomic mass is 10.3. The molecule has 106 valence electrons. The second-order valence-corrected chi connectivity index (χ2v) is 4.77. The van der Waals surface area contributed by atoms with Crippen molar-refractivity contribution in [2.24, 2.45) is 5.73 Å². The average molecular weight is 300 g/mol. The van der Waals surface area contributed by atoms with E-state index >= 15 is 0 Å². The molecule has 3 N–H and O–H groups in total. The molecule has 0 aliphatic heterocycles. The number of hydrogen-bond donors (Lipinski definition) is 2. The van der Waals surface area contributed by atoms with E-state index in [1.165, 1.54) is 23.8 Å². The highest BCUT2D eigenvalue weighted by Gasteiger charge is 2.13. The Morgan fingerprint density at radius 2 is 2.25 bits per heavy atom. The van der Waals surface area contributed by atoms with Crippen LogP contribution in [0.25, 0.3) is 0 Å². The summed E-state index contributed by atoms with van der Waals surface area (Å²) < 4.78 is 25.3. The van der Waals surface area contributed by atoms with Crippen molar-refractivity contribution < 1.29 is 18.4 Å². The predicted molar refractivity (Wildman–Crippen MR) is 69.0 cm³/mol. The highest BCUT2D eigenvalue weighted by Crippen LogP contribution is 2.16. The quantitative estimate of drug-likeness (QED) is 0.878. The molecule has 0 aliphatic carbocycles. The summed E-state index contributed by atoms with van der Waals surface area (Å²) in [5.41, 5.74) is 5.62. The number of carbonyl (C=O) groups excluding carboxylic acids is 2. The maximum absolute atomic E-state index is 12.1. The van der Waals surface area contributed by atoms with E-state index in [1.807, 2.05) is 0 Å². The van der Waals surface area contributed by atoms with Crippen molar-refractivity contribution in [1.82, 2.24) is 9.78 Å². The number of anilines is 1. The second kappa shape index (κ2) is 5.78. The third-order valence-corrected chi connectivity index (χ3v) is 3.25. The average Bonchev–Trinajstić information content (AvgIpc) is 2.97. The van der Waals surface area contributed by atoms with Crippen LogP contribution in [0.4, 0.5) is 14.5 Å². The molecule has 0 radical (unpaired) electrons. The Morgan fingerprint density at radius 3 is 2.85 bits per heavy atom. The van der Waals surface area contributed by atoms with E-state index in [4.69, 9.17) is 5.73 Å². The van der Waals surface area contributed by atoms with E-state index in [0.717, 1.165) is 16.0 Å². The van der Waals surface area contributed by atoms with Crippen molar-refractivity contribution in [3.8, 4) is 0 Å². The first-order chi connectivity index (χ1) is 9.45. The van der Waals surface area contributed by atoms with Gasteiger partial charge in [-0.2, -0.15) is 5.10 Å². The summed E-state index contributed by atoms with van der Waals surface area (Å²) in [5, 5.41) is 7.65. The molecule has 0 aromatic carbocycles. The number of rotatable bonds is 5. The summed E-state index contributed by atoms with van der Waals surface area (Å²) in [6.07, 6.45) is 0.0455. The number of alkyl halides is 2. The van der Waals surface area contributed by atoms with Crippen LogP contribution in [0.5, 0.6) is 0 Å². The molecule has 20 heavy (non-hydrogen) atoms. The number of hydrogen-bond acceptors (Lipinski definition) is 4. The van der Waals surface area contributed by atoms with Gasteiger partial charge < -0.3 is 11.1 Å². The van der Waals surface area contributed by atoms with Gasteiger partial charge in [0.1, 0.15) is 6.54 Å². The summed E-state index contributed by atoms with van der Waals surface area (Å²) >= 11 is 1.06. The number of thiophene rings is 1. The molecule has 0 aliphatic rings. The van der Waals surface area contributed by atoms with Gasteiger partial charge in [0, 0.05) is 11.6 Å². The highest BCUT2D eigenvalue weighted by atomic mass is 32.1. The lowest BCUT2D eigenvalue weighted by Gasteiger charge is -2.00. The number of nitrogens with one attached hydrogen (secondary N) is 1. The molecule has 0 spiro atoms. The lowest BCUT2D eigenvalue weighted by molar-refractivity contribution is 0.1000. The van der Waals surface area contributed by atoms with Gasteiger partial charge in [-0.25, -0.2) is 8.78 Å². The summed E-state index contributed by atoms with van der Waals surface area (Å²) in [4.78, 5) is 23.0. The summed E-state index contributed by atoms with van der Waals surface area (Å²) in [6, 6.07) is 1.37. The van der Waals surface area contributed by atoms with Gasteiger partial charge >= 0.3 is 0 Å². The zero-order valence-electron chi connectivity index (χ0n) is 10.0. The molecule has 2 aromatic rings. The van der Waals surface area contributed by atoms with Gasteiger partial charge in [0.2, 0.25) is 5.91 Å². The Balaban J connectivity index is 2.03. The molecule has 6 nitrogen and oxygen atoms in total. The Kier molecular flexibility index (Phi) is 4.08. The van der Waals surface area contributed by atoms with Gasteiger partial charge in [0.15, 0.2) is 0 Å². The number of primary amides is 1. The first-order valence-corrected chi connectivity index (χ1v) is 6.34. The fourth-order valence-corrected chi connectivity index (χ4v) is 2.24. The van der Waals surface area contributed by atoms with Crippen LogP contribution in [0, 0.1) is 0 Å². The van der Waals surface area contributed by atoms with Crippen LogP contribution < -0.4 is 11.1 Å². The Morgan fingerprint density at radius 1 is 1.50 bits per heavy atom. The monoisotopic (exact) mass is 300 g/mol. The normalized spacial score (nSPS) is 10.8. The van der Waals surface area contributed by atoms with Gasteiger partial charge in [-0.05, 0) is 6.07 Å². The minimum Gasteiger partial charge on any atom is -0.366 e. The standard InChI is InChI=1S/C11H10F2N4O2S/c12-9(13)4-17-3-7(2-15-17)16-11(19)8-1-6(5-20-8)10(14)18/h1-3,5,9H,4H2,(H2,14,18)(H,16,19). The molecule has 2 aromatic heterocycles. The topological polar surface area (TPSA) is 90.0 Å². The van der Waals surface area contributed by atoms with Crippen LogP contribution in [0.2, 0.25) is 0 Å². The second-order valence-electron chi connectivity index (χ2n) is 3.86. The Bertz CT molecular complexity index is 638. The van der Waals surface area contributed by atoms with Gasteiger partial charge in [0.25, 0.3) is 12.3 Å². The molecule has 0 saturated heterocycles. The van der Waals surface area contributed by atoms with Crippen molar-refractivity contribution in [3.05, 3.63) is 34.3 Å². The molecule has 2 heterocycles. The van der Waals surface area contributed by atoms with Crippen LogP contribution >= 0.6 is 11.3 Å². The van der Waals surface area contributed by atoms with Gasteiger partial charge in [0.05, 0.1) is 22.3 Å². The molecule has 0 bridgehead atoms. The SMILES string of the molecule is NC(=O)c1csc(C(=O)Nc2cnn(CC(F)F)c2)c1. The summed E-state index contributed by atoms with van der Waals surface area (Å²) in [5.74, 6) is -1.08. The van der Waals surface area contributed by atoms with Crippen LogP contribution in [-0.2, 0) is 6.54 Å². The minimum atomic E-state index is -2.52. The number of nitrogens with two attached hydrogens (primary N) is 1. The van der Waals surface area contributed by atoms with Crippen molar-refractivity contribution >= 4 is 28.8 Å². The Hall–Kier alpha value is -2.29. The molecule has 0 fully saturated rings. The number of nitrogens with zero attached hydrogens (tertiary/aromatic N) is 2. The number of carbonyl (C=O) groups is 2. The number of amides is 2. The molecular formula is C11H10F2N4O2S. The molecule has 9 heteroatoms. The summed E-state index contributed by atoms with van der Waals surface area (Å²) in [7, 11) is 0. The van der Waals surface area contributed by atoms with Crippen LogP contribution in [0.3, 0.4) is 0 Å². The van der Waals surface area contributed by atoms with Gasteiger partial charge in [-0.1, -0.05) is 0 Å². The van der Waals surface area contributed by atoms with Crippen LogP contribution in [0.1, 0.15) is 20.0 Å². The maximum Gasteiger partial charge on any atom is 0.265 e. The van der Waals surface area contributed by atoms with E-state index in [9.17, 15) is 18.4 Å². The molecule has 0 atom stereocenters. The third kappa shape index (κ3) is 3.38. The largest absolute Gasteiger partial charge is 0.366 e. The Labute approximate surface area is 116 Å². The van der Waals surface area contributed by atoms with E-state index in [0.29, 0.717) is 10.6 Å². The first kappa shape index (κ1) is 14.1. The van der Waals surface area contributed by atoms with E-state index in [-0.39, 0.29) is 5.56 Å². The molecule has 2 amide bonds. The van der Waals surface area contributed by atoms with Crippen molar-refractivity contribution in [2.75, 3.05) is 5.32 Å². The molecule has 0 unspecified atom stereocenters. The zero-order chi connectivity index (χ0) is 14.7. The van der Waals surface area contributed by atoms with E-state index < -0.39 is 24.8 Å². The van der Waals surface area contributed by atoms with Crippen molar-refractivity contribution in [2.45, 2.75) is 13.0 Å². The van der Waals surface area contributed by atoms with Crippen LogP contribution in [0.15, 0.2) is 23.8 Å². The first-order valence-electron chi connectivity index (χ1n) is 5.46. The third-order valence-electron chi connectivity index (χ3n) is 2.32. The van der Waals surface area contributed by atoms with Gasteiger partial charge in [-0.3, -0.25) is 14.3 Å².